The first kappa shape index (κ1) is 12.2. The lowest BCUT2D eigenvalue weighted by Crippen LogP contribution is -2.30. The molecule has 0 bridgehead atoms. The van der Waals surface area contributed by atoms with Gasteiger partial charge in [0.05, 0.1) is 5.25 Å². The third-order valence-corrected chi connectivity index (χ3v) is 4.25. The molecule has 0 amide bonds. The van der Waals surface area contributed by atoms with Gasteiger partial charge in [-0.15, -0.1) is 0 Å². The van der Waals surface area contributed by atoms with E-state index in [0.717, 1.165) is 11.1 Å². The van der Waals surface area contributed by atoms with Crippen molar-refractivity contribution in [1.82, 2.24) is 0 Å². The molecular weight excluding hydrogens is 210 g/mol. The molecule has 15 heavy (non-hydrogen) atoms. The largest absolute Gasteiger partial charge is 0.323 e. The molecule has 3 nitrogen and oxygen atoms in total. The second kappa shape index (κ2) is 4.33. The second-order valence-electron chi connectivity index (χ2n) is 3.97. The van der Waals surface area contributed by atoms with Gasteiger partial charge < -0.3 is 5.73 Å². The summed E-state index contributed by atoms with van der Waals surface area (Å²) in [4.78, 5) is 0. The van der Waals surface area contributed by atoms with E-state index in [-0.39, 0.29) is 0 Å². The fourth-order valence-electron chi connectivity index (χ4n) is 1.41. The molecule has 84 valence electrons. The Labute approximate surface area is 91.2 Å². The minimum absolute atomic E-state index is 0.458. The molecule has 1 aromatic rings. The monoisotopic (exact) mass is 227 g/mol. The second-order valence-corrected chi connectivity index (χ2v) is 6.38. The number of hydrogen-bond donors (Lipinski definition) is 1. The van der Waals surface area contributed by atoms with Gasteiger partial charge in [-0.05, 0) is 19.4 Å². The minimum Gasteiger partial charge on any atom is -0.323 e. The van der Waals surface area contributed by atoms with Crippen LogP contribution in [0, 0.1) is 6.92 Å². The van der Waals surface area contributed by atoms with Crippen molar-refractivity contribution < 1.29 is 8.42 Å². The Balaban J connectivity index is 3.00. The molecule has 1 aromatic carbocycles. The zero-order chi connectivity index (χ0) is 11.6. The average molecular weight is 227 g/mol. The molecule has 1 rings (SSSR count). The predicted octanol–water partition coefficient (Wildman–Crippen LogP) is 1.43. The smallest absolute Gasteiger partial charge is 0.151 e. The average Bonchev–Trinajstić information content (AvgIpc) is 2.14. The van der Waals surface area contributed by atoms with Gasteiger partial charge in [-0.2, -0.15) is 0 Å². The standard InChI is InChI=1S/C11H17NO2S/c1-8-5-4-6-10(7-8)11(12)9(2)15(3,13)14/h4-7,9,11H,12H2,1-3H3. The summed E-state index contributed by atoms with van der Waals surface area (Å²) < 4.78 is 22.7. The van der Waals surface area contributed by atoms with E-state index in [0.29, 0.717) is 0 Å². The predicted molar refractivity (Wildman–Crippen MR) is 62.4 cm³/mol. The molecule has 4 heteroatoms. The van der Waals surface area contributed by atoms with Crippen molar-refractivity contribution in [2.24, 2.45) is 5.73 Å². The molecule has 0 saturated heterocycles. The van der Waals surface area contributed by atoms with Crippen LogP contribution in [0.1, 0.15) is 24.1 Å². The highest BCUT2D eigenvalue weighted by Gasteiger charge is 2.23. The molecule has 0 aliphatic rings. The van der Waals surface area contributed by atoms with Crippen LogP contribution >= 0.6 is 0 Å². The highest BCUT2D eigenvalue weighted by Crippen LogP contribution is 2.19. The first-order chi connectivity index (χ1) is 6.82. The summed E-state index contributed by atoms with van der Waals surface area (Å²) in [7, 11) is -3.09. The van der Waals surface area contributed by atoms with Crippen LogP contribution in [-0.2, 0) is 9.84 Å². The van der Waals surface area contributed by atoms with Crippen molar-refractivity contribution in [2.45, 2.75) is 25.1 Å². The van der Waals surface area contributed by atoms with Gasteiger partial charge in [0.15, 0.2) is 9.84 Å². The Morgan fingerprint density at radius 2 is 1.93 bits per heavy atom. The molecule has 2 N–H and O–H groups in total. The van der Waals surface area contributed by atoms with Gasteiger partial charge in [0.2, 0.25) is 0 Å². The van der Waals surface area contributed by atoms with Gasteiger partial charge in [0.25, 0.3) is 0 Å². The number of benzene rings is 1. The molecule has 0 spiro atoms. The van der Waals surface area contributed by atoms with Crippen molar-refractivity contribution in [2.75, 3.05) is 6.26 Å². The molecule has 0 heterocycles. The zero-order valence-electron chi connectivity index (χ0n) is 9.27. The van der Waals surface area contributed by atoms with E-state index in [2.05, 4.69) is 0 Å². The highest BCUT2D eigenvalue weighted by molar-refractivity contribution is 7.91. The Morgan fingerprint density at radius 1 is 1.33 bits per heavy atom. The van der Waals surface area contributed by atoms with Crippen molar-refractivity contribution in [1.29, 1.82) is 0 Å². The third-order valence-electron chi connectivity index (χ3n) is 2.61. The van der Waals surface area contributed by atoms with Gasteiger partial charge >= 0.3 is 0 Å². The molecule has 0 saturated carbocycles. The van der Waals surface area contributed by atoms with Crippen molar-refractivity contribution in [3.63, 3.8) is 0 Å². The number of aryl methyl sites for hydroxylation is 1. The lowest BCUT2D eigenvalue weighted by atomic mass is 10.0. The summed E-state index contributed by atoms with van der Waals surface area (Å²) in [6.45, 7) is 3.60. The van der Waals surface area contributed by atoms with Gasteiger partial charge in [-0.25, -0.2) is 8.42 Å². The maximum Gasteiger partial charge on any atom is 0.151 e. The molecule has 0 aromatic heterocycles. The SMILES string of the molecule is Cc1cccc(C(N)C(C)S(C)(=O)=O)c1. The lowest BCUT2D eigenvalue weighted by Gasteiger charge is -2.18. The van der Waals surface area contributed by atoms with Crippen LogP contribution in [0.2, 0.25) is 0 Å². The van der Waals surface area contributed by atoms with Crippen LogP contribution < -0.4 is 5.73 Å². The van der Waals surface area contributed by atoms with Crippen LogP contribution in [0.4, 0.5) is 0 Å². The van der Waals surface area contributed by atoms with E-state index in [1.54, 1.807) is 6.92 Å². The summed E-state index contributed by atoms with van der Waals surface area (Å²) in [5, 5.41) is -0.556. The fraction of sp³-hybridized carbons (Fsp3) is 0.455. The van der Waals surface area contributed by atoms with E-state index in [1.165, 1.54) is 6.26 Å². The number of hydrogen-bond acceptors (Lipinski definition) is 3. The zero-order valence-corrected chi connectivity index (χ0v) is 10.1. The molecule has 0 radical (unpaired) electrons. The number of rotatable bonds is 3. The Hall–Kier alpha value is -0.870. The number of sulfone groups is 1. The van der Waals surface area contributed by atoms with E-state index >= 15 is 0 Å². The van der Waals surface area contributed by atoms with Crippen LogP contribution in [0.5, 0.6) is 0 Å². The summed E-state index contributed by atoms with van der Waals surface area (Å²) >= 11 is 0. The summed E-state index contributed by atoms with van der Waals surface area (Å²) in [5.74, 6) is 0. The maximum atomic E-state index is 11.4. The van der Waals surface area contributed by atoms with Crippen molar-refractivity contribution in [3.05, 3.63) is 35.4 Å². The van der Waals surface area contributed by atoms with Crippen LogP contribution in [0.3, 0.4) is 0 Å². The molecule has 2 unspecified atom stereocenters. The van der Waals surface area contributed by atoms with E-state index in [4.69, 9.17) is 5.73 Å². The Kier molecular flexibility index (Phi) is 3.52. The van der Waals surface area contributed by atoms with Crippen molar-refractivity contribution in [3.8, 4) is 0 Å². The molecular formula is C11H17NO2S. The van der Waals surface area contributed by atoms with Gasteiger partial charge in [-0.3, -0.25) is 0 Å². The fourth-order valence-corrected chi connectivity index (χ4v) is 2.10. The first-order valence-corrected chi connectivity index (χ1v) is 6.79. The number of nitrogens with two attached hydrogens (primary N) is 1. The quantitative estimate of drug-likeness (QED) is 0.849. The van der Waals surface area contributed by atoms with Gasteiger partial charge in [-0.1, -0.05) is 29.8 Å². The summed E-state index contributed by atoms with van der Waals surface area (Å²) in [6.07, 6.45) is 1.22. The summed E-state index contributed by atoms with van der Waals surface area (Å²) in [6, 6.07) is 7.17. The first-order valence-electron chi connectivity index (χ1n) is 4.83. The van der Waals surface area contributed by atoms with Crippen LogP contribution in [-0.4, -0.2) is 19.9 Å². The molecule has 2 atom stereocenters. The topological polar surface area (TPSA) is 60.2 Å². The van der Waals surface area contributed by atoms with E-state index in [9.17, 15) is 8.42 Å². The van der Waals surface area contributed by atoms with E-state index in [1.807, 2.05) is 31.2 Å². The molecule has 0 fully saturated rings. The minimum atomic E-state index is -3.09. The van der Waals surface area contributed by atoms with Crippen molar-refractivity contribution >= 4 is 9.84 Å². The van der Waals surface area contributed by atoms with Gasteiger partial charge in [0, 0.05) is 12.3 Å². The summed E-state index contributed by atoms with van der Waals surface area (Å²) in [5.41, 5.74) is 7.87. The Morgan fingerprint density at radius 3 is 2.40 bits per heavy atom. The van der Waals surface area contributed by atoms with E-state index < -0.39 is 21.1 Å². The third kappa shape index (κ3) is 3.04. The van der Waals surface area contributed by atoms with Crippen LogP contribution in [0.15, 0.2) is 24.3 Å². The highest BCUT2D eigenvalue weighted by atomic mass is 32.2. The normalized spacial score (nSPS) is 16.0. The molecule has 0 aliphatic heterocycles. The maximum absolute atomic E-state index is 11.4. The lowest BCUT2D eigenvalue weighted by molar-refractivity contribution is 0.570. The Bertz CT molecular complexity index is 440. The van der Waals surface area contributed by atoms with Gasteiger partial charge in [0.1, 0.15) is 0 Å². The molecule has 0 aliphatic carbocycles. The van der Waals surface area contributed by atoms with Crippen LogP contribution in [0.25, 0.3) is 0 Å².